The van der Waals surface area contributed by atoms with E-state index in [1.807, 2.05) is 0 Å². The van der Waals surface area contributed by atoms with Gasteiger partial charge in [0.25, 0.3) is 0 Å². The highest BCUT2D eigenvalue weighted by molar-refractivity contribution is 5.84. The van der Waals surface area contributed by atoms with E-state index in [1.54, 1.807) is 24.3 Å². The van der Waals surface area contributed by atoms with E-state index in [4.69, 9.17) is 15.6 Å². The summed E-state index contributed by atoms with van der Waals surface area (Å²) in [6.45, 7) is 0.277. The van der Waals surface area contributed by atoms with Crippen LogP contribution in [0.15, 0.2) is 24.3 Å². The first-order valence-electron chi connectivity index (χ1n) is 5.88. The lowest BCUT2D eigenvalue weighted by Gasteiger charge is -2.14. The number of ether oxygens (including phenoxy) is 1. The number of benzene rings is 1. The molecule has 6 nitrogen and oxygen atoms in total. The molecule has 0 aliphatic heterocycles. The maximum absolute atomic E-state index is 11.7. The van der Waals surface area contributed by atoms with Crippen molar-refractivity contribution >= 4 is 17.6 Å². The van der Waals surface area contributed by atoms with Gasteiger partial charge in [0.05, 0.1) is 6.42 Å². The van der Waals surface area contributed by atoms with E-state index in [-0.39, 0.29) is 25.4 Å². The number of carbonyl (C=O) groups excluding carboxylic acids is 1. The maximum Gasteiger partial charge on any atom is 0.326 e. The lowest BCUT2D eigenvalue weighted by atomic mass is 10.1. The Morgan fingerprint density at radius 1 is 1.37 bits per heavy atom. The molecule has 104 valence electrons. The van der Waals surface area contributed by atoms with E-state index in [0.29, 0.717) is 5.69 Å². The predicted octanol–water partition coefficient (Wildman–Crippen LogP) is 0.417. The molecule has 19 heavy (non-hydrogen) atoms. The average molecular weight is 266 g/mol. The Bertz CT molecular complexity index is 431. The molecule has 1 aromatic carbocycles. The van der Waals surface area contributed by atoms with Gasteiger partial charge in [-0.15, -0.1) is 0 Å². The summed E-state index contributed by atoms with van der Waals surface area (Å²) >= 11 is 0. The van der Waals surface area contributed by atoms with Gasteiger partial charge in [-0.2, -0.15) is 0 Å². The van der Waals surface area contributed by atoms with Gasteiger partial charge >= 0.3 is 5.97 Å². The highest BCUT2D eigenvalue weighted by Crippen LogP contribution is 2.06. The van der Waals surface area contributed by atoms with Crippen molar-refractivity contribution in [2.24, 2.45) is 0 Å². The Kier molecular flexibility index (Phi) is 5.81. The van der Waals surface area contributed by atoms with Crippen LogP contribution in [-0.4, -0.2) is 36.7 Å². The van der Waals surface area contributed by atoms with E-state index in [2.05, 4.69) is 5.32 Å². The summed E-state index contributed by atoms with van der Waals surface area (Å²) in [5.41, 5.74) is 6.94. The van der Waals surface area contributed by atoms with E-state index >= 15 is 0 Å². The number of methoxy groups -OCH3 is 1. The normalized spacial score (nSPS) is 11.8. The molecule has 0 heterocycles. The number of amides is 1. The minimum absolute atomic E-state index is 0.122. The van der Waals surface area contributed by atoms with Crippen LogP contribution in [0.2, 0.25) is 0 Å². The number of nitrogens with one attached hydrogen (secondary N) is 1. The van der Waals surface area contributed by atoms with Gasteiger partial charge in [-0.05, 0) is 17.7 Å². The Balaban J connectivity index is 2.52. The van der Waals surface area contributed by atoms with Crippen LogP contribution in [0.4, 0.5) is 5.69 Å². The van der Waals surface area contributed by atoms with Gasteiger partial charge in [0, 0.05) is 25.8 Å². The van der Waals surface area contributed by atoms with Crippen LogP contribution in [0.5, 0.6) is 0 Å². The number of aliphatic carboxylic acids is 1. The van der Waals surface area contributed by atoms with Crippen molar-refractivity contribution in [3.8, 4) is 0 Å². The van der Waals surface area contributed by atoms with Crippen LogP contribution in [0.1, 0.15) is 12.0 Å². The molecule has 1 atom stereocenters. The molecule has 0 spiro atoms. The van der Waals surface area contributed by atoms with E-state index < -0.39 is 12.0 Å². The summed E-state index contributed by atoms with van der Waals surface area (Å²) < 4.78 is 4.81. The molecule has 0 aromatic heterocycles. The fraction of sp³-hybridized carbons (Fsp3) is 0.385. The van der Waals surface area contributed by atoms with Crippen LogP contribution in [0.25, 0.3) is 0 Å². The molecule has 1 amide bonds. The third kappa shape index (κ3) is 5.39. The first-order chi connectivity index (χ1) is 9.02. The summed E-state index contributed by atoms with van der Waals surface area (Å²) in [7, 11) is 1.48. The molecule has 0 aliphatic rings. The summed E-state index contributed by atoms with van der Waals surface area (Å²) in [6, 6.07) is 5.94. The molecular formula is C13H18N2O4. The van der Waals surface area contributed by atoms with Gasteiger partial charge in [0.1, 0.15) is 6.04 Å². The van der Waals surface area contributed by atoms with Crippen LogP contribution in [-0.2, 0) is 20.7 Å². The molecule has 1 unspecified atom stereocenters. The van der Waals surface area contributed by atoms with E-state index in [0.717, 1.165) is 5.56 Å². The minimum atomic E-state index is -1.07. The zero-order valence-electron chi connectivity index (χ0n) is 10.8. The zero-order valence-corrected chi connectivity index (χ0v) is 10.8. The van der Waals surface area contributed by atoms with Crippen molar-refractivity contribution in [3.05, 3.63) is 29.8 Å². The third-order valence-electron chi connectivity index (χ3n) is 2.59. The van der Waals surface area contributed by atoms with Crippen LogP contribution in [0, 0.1) is 0 Å². The molecule has 0 bridgehead atoms. The fourth-order valence-corrected chi connectivity index (χ4v) is 1.56. The van der Waals surface area contributed by atoms with Gasteiger partial charge in [-0.1, -0.05) is 12.1 Å². The zero-order chi connectivity index (χ0) is 14.3. The van der Waals surface area contributed by atoms with Crippen molar-refractivity contribution < 1.29 is 19.4 Å². The molecule has 0 fully saturated rings. The lowest BCUT2D eigenvalue weighted by Crippen LogP contribution is -2.42. The number of nitrogen functional groups attached to an aromatic ring is 1. The first-order valence-corrected chi connectivity index (χ1v) is 5.88. The second kappa shape index (κ2) is 7.38. The number of hydrogen-bond acceptors (Lipinski definition) is 4. The molecule has 0 saturated heterocycles. The van der Waals surface area contributed by atoms with E-state index in [9.17, 15) is 9.59 Å². The summed E-state index contributed by atoms with van der Waals surface area (Å²) in [5, 5.41) is 11.4. The second-order valence-electron chi connectivity index (χ2n) is 4.16. The Labute approximate surface area is 111 Å². The highest BCUT2D eigenvalue weighted by Gasteiger charge is 2.19. The van der Waals surface area contributed by atoms with Crippen molar-refractivity contribution in [2.75, 3.05) is 19.5 Å². The van der Waals surface area contributed by atoms with Crippen molar-refractivity contribution in [1.82, 2.24) is 5.32 Å². The smallest absolute Gasteiger partial charge is 0.326 e. The van der Waals surface area contributed by atoms with Gasteiger partial charge < -0.3 is 20.9 Å². The van der Waals surface area contributed by atoms with Crippen molar-refractivity contribution in [2.45, 2.75) is 18.9 Å². The monoisotopic (exact) mass is 266 g/mol. The summed E-state index contributed by atoms with van der Waals surface area (Å²) in [5.74, 6) is -1.41. The second-order valence-corrected chi connectivity index (χ2v) is 4.16. The average Bonchev–Trinajstić information content (AvgIpc) is 2.37. The molecule has 1 rings (SSSR count). The fourth-order valence-electron chi connectivity index (χ4n) is 1.56. The third-order valence-corrected chi connectivity index (χ3v) is 2.59. The lowest BCUT2D eigenvalue weighted by molar-refractivity contribution is -0.142. The standard InChI is InChI=1S/C13H18N2O4/c1-19-7-6-11(13(17)18)15-12(16)8-9-2-4-10(14)5-3-9/h2-5,11H,6-8,14H2,1H3,(H,15,16)(H,17,18). The predicted molar refractivity (Wildman–Crippen MR) is 70.6 cm³/mol. The Hall–Kier alpha value is -2.08. The topological polar surface area (TPSA) is 102 Å². The SMILES string of the molecule is COCCC(NC(=O)Cc1ccc(N)cc1)C(=O)O. The Morgan fingerprint density at radius 3 is 2.53 bits per heavy atom. The molecule has 0 radical (unpaired) electrons. The Morgan fingerprint density at radius 2 is 2.00 bits per heavy atom. The van der Waals surface area contributed by atoms with Gasteiger partial charge in [0.15, 0.2) is 0 Å². The quantitative estimate of drug-likeness (QED) is 0.621. The molecule has 4 N–H and O–H groups in total. The minimum Gasteiger partial charge on any atom is -0.480 e. The largest absolute Gasteiger partial charge is 0.480 e. The molecule has 1 aromatic rings. The van der Waals surface area contributed by atoms with Crippen LogP contribution in [0.3, 0.4) is 0 Å². The highest BCUT2D eigenvalue weighted by atomic mass is 16.5. The number of rotatable bonds is 7. The van der Waals surface area contributed by atoms with Crippen LogP contribution >= 0.6 is 0 Å². The summed E-state index contributed by atoms with van der Waals surface area (Å²) in [6.07, 6.45) is 0.357. The number of hydrogen-bond donors (Lipinski definition) is 3. The number of carboxylic acid groups (broad SMARTS) is 1. The number of carbonyl (C=O) groups is 2. The molecule has 6 heteroatoms. The molecule has 0 saturated carbocycles. The maximum atomic E-state index is 11.7. The van der Waals surface area contributed by atoms with Crippen molar-refractivity contribution in [3.63, 3.8) is 0 Å². The number of carboxylic acids is 1. The first kappa shape index (κ1) is 15.0. The van der Waals surface area contributed by atoms with Gasteiger partial charge in [-0.3, -0.25) is 4.79 Å². The van der Waals surface area contributed by atoms with Crippen LogP contribution < -0.4 is 11.1 Å². The molecular weight excluding hydrogens is 248 g/mol. The summed E-state index contributed by atoms with van der Waals surface area (Å²) in [4.78, 5) is 22.7. The number of anilines is 1. The molecule has 0 aliphatic carbocycles. The van der Waals surface area contributed by atoms with Gasteiger partial charge in [-0.25, -0.2) is 4.79 Å². The number of nitrogens with two attached hydrogens (primary N) is 1. The van der Waals surface area contributed by atoms with Gasteiger partial charge in [0.2, 0.25) is 5.91 Å². The van der Waals surface area contributed by atoms with E-state index in [1.165, 1.54) is 7.11 Å². The van der Waals surface area contributed by atoms with Crippen molar-refractivity contribution in [1.29, 1.82) is 0 Å².